The molecule has 0 saturated carbocycles. The highest BCUT2D eigenvalue weighted by Gasteiger charge is 2.04. The molecule has 0 aliphatic carbocycles. The average Bonchev–Trinajstić information content (AvgIpc) is 2.69. The number of ether oxygens (including phenoxy) is 1. The van der Waals surface area contributed by atoms with Crippen molar-refractivity contribution >= 4 is 17.4 Å². The summed E-state index contributed by atoms with van der Waals surface area (Å²) in [4.78, 5) is 8.14. The summed E-state index contributed by atoms with van der Waals surface area (Å²) in [5.74, 6) is 0.645. The predicted molar refractivity (Wildman–Crippen MR) is 60.1 cm³/mol. The number of para-hydroxylation sites is 1. The number of nitrogen functional groups attached to an aromatic ring is 1. The number of methoxy groups -OCH3 is 1. The Bertz CT molecular complexity index is 455. The lowest BCUT2D eigenvalue weighted by atomic mass is 10.3. The third-order valence-electron chi connectivity index (χ3n) is 1.87. The molecule has 78 valence electrons. The van der Waals surface area contributed by atoms with Crippen LogP contribution in [0.25, 0.3) is 0 Å². The summed E-state index contributed by atoms with van der Waals surface area (Å²) in [5, 5.41) is 0.768. The first-order valence-electron chi connectivity index (χ1n) is 4.41. The van der Waals surface area contributed by atoms with Gasteiger partial charge in [-0.25, -0.2) is 4.98 Å². The molecule has 0 saturated heterocycles. The highest BCUT2D eigenvalue weighted by Crippen LogP contribution is 2.30. The number of hydrogen-bond donors (Lipinski definition) is 2. The maximum Gasteiger partial charge on any atom is 0.211 e. The summed E-state index contributed by atoms with van der Waals surface area (Å²) >= 11 is 1.48. The van der Waals surface area contributed by atoms with Gasteiger partial charge in [0.25, 0.3) is 0 Å². The number of H-pyrrole nitrogens is 1. The van der Waals surface area contributed by atoms with Gasteiger partial charge in [-0.3, -0.25) is 0 Å². The molecule has 2 aromatic rings. The third-order valence-corrected chi connectivity index (χ3v) is 2.87. The van der Waals surface area contributed by atoms with Crippen molar-refractivity contribution in [2.24, 2.45) is 0 Å². The Kier molecular flexibility index (Phi) is 2.82. The van der Waals surface area contributed by atoms with Crippen molar-refractivity contribution in [3.8, 4) is 5.88 Å². The molecule has 0 aliphatic heterocycles. The van der Waals surface area contributed by atoms with Gasteiger partial charge in [-0.2, -0.15) is 0 Å². The molecule has 1 aromatic carbocycles. The second kappa shape index (κ2) is 4.27. The van der Waals surface area contributed by atoms with E-state index in [1.807, 2.05) is 24.3 Å². The molecule has 0 aliphatic rings. The van der Waals surface area contributed by atoms with Crippen molar-refractivity contribution in [3.63, 3.8) is 0 Å². The van der Waals surface area contributed by atoms with Crippen molar-refractivity contribution in [3.05, 3.63) is 30.5 Å². The molecular weight excluding hydrogens is 210 g/mol. The van der Waals surface area contributed by atoms with Crippen LogP contribution in [-0.4, -0.2) is 17.1 Å². The van der Waals surface area contributed by atoms with Gasteiger partial charge in [-0.05, 0) is 23.9 Å². The number of nitrogens with two attached hydrogens (primary N) is 1. The van der Waals surface area contributed by atoms with E-state index < -0.39 is 0 Å². The van der Waals surface area contributed by atoms with Gasteiger partial charge >= 0.3 is 0 Å². The molecule has 3 N–H and O–H groups in total. The minimum Gasteiger partial charge on any atom is -0.481 e. The molecule has 5 heteroatoms. The quantitative estimate of drug-likeness (QED) is 0.779. The normalized spacial score (nSPS) is 10.2. The number of imidazole rings is 1. The van der Waals surface area contributed by atoms with Gasteiger partial charge in [0, 0.05) is 10.6 Å². The van der Waals surface area contributed by atoms with Crippen LogP contribution in [0.3, 0.4) is 0 Å². The molecular formula is C10H11N3OS. The summed E-state index contributed by atoms with van der Waals surface area (Å²) < 4.78 is 5.00. The Labute approximate surface area is 91.9 Å². The third kappa shape index (κ3) is 2.24. The maximum atomic E-state index is 5.81. The SMILES string of the molecule is COc1cnc(Sc2ccccc2N)[nH]1. The molecule has 2 rings (SSSR count). The van der Waals surface area contributed by atoms with E-state index >= 15 is 0 Å². The van der Waals surface area contributed by atoms with E-state index in [9.17, 15) is 0 Å². The van der Waals surface area contributed by atoms with Crippen LogP contribution >= 0.6 is 11.8 Å². The van der Waals surface area contributed by atoms with Crippen LogP contribution in [-0.2, 0) is 0 Å². The van der Waals surface area contributed by atoms with E-state index in [1.165, 1.54) is 11.8 Å². The molecule has 1 aromatic heterocycles. The molecule has 0 atom stereocenters. The fourth-order valence-electron chi connectivity index (χ4n) is 1.12. The van der Waals surface area contributed by atoms with Crippen LogP contribution in [0.2, 0.25) is 0 Å². The standard InChI is InChI=1S/C10H11N3OS/c1-14-9-6-12-10(13-9)15-8-5-3-2-4-7(8)11/h2-6H,11H2,1H3,(H,12,13). The van der Waals surface area contributed by atoms with Crippen LogP contribution < -0.4 is 10.5 Å². The zero-order valence-electron chi connectivity index (χ0n) is 8.23. The molecule has 0 spiro atoms. The predicted octanol–water partition coefficient (Wildman–Crippen LogP) is 2.15. The minimum absolute atomic E-state index is 0.645. The van der Waals surface area contributed by atoms with Crippen molar-refractivity contribution in [1.29, 1.82) is 0 Å². The second-order valence-electron chi connectivity index (χ2n) is 2.90. The van der Waals surface area contributed by atoms with Gasteiger partial charge in [-0.15, -0.1) is 0 Å². The van der Waals surface area contributed by atoms with Gasteiger partial charge in [0.2, 0.25) is 5.88 Å². The smallest absolute Gasteiger partial charge is 0.211 e. The Morgan fingerprint density at radius 3 is 2.87 bits per heavy atom. The number of aromatic nitrogens is 2. The first-order chi connectivity index (χ1) is 7.29. The maximum absolute atomic E-state index is 5.81. The Balaban J connectivity index is 2.18. The van der Waals surface area contributed by atoms with E-state index in [2.05, 4.69) is 9.97 Å². The molecule has 4 nitrogen and oxygen atoms in total. The lowest BCUT2D eigenvalue weighted by molar-refractivity contribution is 0.398. The Morgan fingerprint density at radius 1 is 1.40 bits per heavy atom. The number of rotatable bonds is 3. The monoisotopic (exact) mass is 221 g/mol. The number of anilines is 1. The van der Waals surface area contributed by atoms with E-state index in [4.69, 9.17) is 10.5 Å². The van der Waals surface area contributed by atoms with E-state index in [0.717, 1.165) is 15.7 Å². The Morgan fingerprint density at radius 2 is 2.20 bits per heavy atom. The van der Waals surface area contributed by atoms with Crippen molar-refractivity contribution in [2.75, 3.05) is 12.8 Å². The zero-order chi connectivity index (χ0) is 10.7. The van der Waals surface area contributed by atoms with Crippen molar-refractivity contribution in [1.82, 2.24) is 9.97 Å². The van der Waals surface area contributed by atoms with Crippen LogP contribution in [0.4, 0.5) is 5.69 Å². The van der Waals surface area contributed by atoms with Crippen molar-refractivity contribution < 1.29 is 4.74 Å². The van der Waals surface area contributed by atoms with Gasteiger partial charge < -0.3 is 15.5 Å². The fraction of sp³-hybridized carbons (Fsp3) is 0.100. The summed E-state index contributed by atoms with van der Waals surface area (Å²) in [6, 6.07) is 7.67. The van der Waals surface area contributed by atoms with E-state index in [-0.39, 0.29) is 0 Å². The molecule has 15 heavy (non-hydrogen) atoms. The molecule has 0 fully saturated rings. The van der Waals surface area contributed by atoms with Gasteiger partial charge in [0.05, 0.1) is 13.3 Å². The topological polar surface area (TPSA) is 63.9 Å². The number of benzene rings is 1. The molecule has 1 heterocycles. The van der Waals surface area contributed by atoms with Gasteiger partial charge in [-0.1, -0.05) is 12.1 Å². The summed E-state index contributed by atoms with van der Waals surface area (Å²) in [6.45, 7) is 0. The number of nitrogens with zero attached hydrogens (tertiary/aromatic N) is 1. The number of hydrogen-bond acceptors (Lipinski definition) is 4. The second-order valence-corrected chi connectivity index (χ2v) is 3.93. The molecule has 0 radical (unpaired) electrons. The summed E-state index contributed by atoms with van der Waals surface area (Å²) in [5.41, 5.74) is 6.56. The van der Waals surface area contributed by atoms with E-state index in [1.54, 1.807) is 13.3 Å². The molecule has 0 bridgehead atoms. The lowest BCUT2D eigenvalue weighted by Crippen LogP contribution is -1.87. The minimum atomic E-state index is 0.645. The highest BCUT2D eigenvalue weighted by atomic mass is 32.2. The molecule has 0 unspecified atom stereocenters. The van der Waals surface area contributed by atoms with E-state index in [0.29, 0.717) is 5.88 Å². The highest BCUT2D eigenvalue weighted by molar-refractivity contribution is 7.99. The largest absolute Gasteiger partial charge is 0.481 e. The molecule has 0 amide bonds. The van der Waals surface area contributed by atoms with Gasteiger partial charge in [0.15, 0.2) is 5.16 Å². The van der Waals surface area contributed by atoms with Crippen LogP contribution in [0, 0.1) is 0 Å². The first kappa shape index (κ1) is 9.92. The first-order valence-corrected chi connectivity index (χ1v) is 5.22. The van der Waals surface area contributed by atoms with Gasteiger partial charge in [0.1, 0.15) is 0 Å². The number of nitrogens with one attached hydrogen (secondary N) is 1. The number of aromatic amines is 1. The average molecular weight is 221 g/mol. The van der Waals surface area contributed by atoms with Crippen LogP contribution in [0.5, 0.6) is 5.88 Å². The lowest BCUT2D eigenvalue weighted by Gasteiger charge is -2.01. The fourth-order valence-corrected chi connectivity index (χ4v) is 1.92. The van der Waals surface area contributed by atoms with Crippen molar-refractivity contribution in [2.45, 2.75) is 10.1 Å². The zero-order valence-corrected chi connectivity index (χ0v) is 9.04. The van der Waals surface area contributed by atoms with Crippen LogP contribution in [0.15, 0.2) is 40.5 Å². The summed E-state index contributed by atoms with van der Waals surface area (Å²) in [7, 11) is 1.60. The summed E-state index contributed by atoms with van der Waals surface area (Å²) in [6.07, 6.45) is 1.64. The van der Waals surface area contributed by atoms with Crippen LogP contribution in [0.1, 0.15) is 0 Å². The Hall–Kier alpha value is -1.62.